The van der Waals surface area contributed by atoms with Crippen LogP contribution in [0.4, 0.5) is 4.39 Å². The number of ether oxygens (including phenoxy) is 1. The summed E-state index contributed by atoms with van der Waals surface area (Å²) in [6.45, 7) is 1.16. The van der Waals surface area contributed by atoms with Crippen molar-refractivity contribution in [2.75, 3.05) is 0 Å². The summed E-state index contributed by atoms with van der Waals surface area (Å²) < 4.78 is 22.4. The van der Waals surface area contributed by atoms with E-state index in [1.165, 1.54) is 25.0 Å². The Hall–Kier alpha value is -3.48. The number of aryl methyl sites for hydroxylation is 2. The van der Waals surface area contributed by atoms with E-state index in [-0.39, 0.29) is 12.2 Å². The number of nitrogens with zero attached hydrogens (tertiary/aromatic N) is 4. The van der Waals surface area contributed by atoms with Gasteiger partial charge in [0.1, 0.15) is 24.0 Å². The van der Waals surface area contributed by atoms with Crippen molar-refractivity contribution in [2.24, 2.45) is 0 Å². The van der Waals surface area contributed by atoms with Gasteiger partial charge in [0.05, 0.1) is 28.6 Å². The Morgan fingerprint density at radius 1 is 1.10 bits per heavy atom. The first-order valence-electron chi connectivity index (χ1n) is 9.63. The lowest BCUT2D eigenvalue weighted by atomic mass is 10.1. The molecule has 5 rings (SSSR count). The van der Waals surface area contributed by atoms with E-state index in [1.807, 2.05) is 18.2 Å². The monoisotopic (exact) mass is 390 g/mol. The fraction of sp³-hybridized carbons (Fsp3) is 0.227. The lowest BCUT2D eigenvalue weighted by Crippen LogP contribution is -2.16. The fourth-order valence-corrected chi connectivity index (χ4v) is 3.72. The first-order valence-corrected chi connectivity index (χ1v) is 9.63. The quantitative estimate of drug-likeness (QED) is 0.534. The highest BCUT2D eigenvalue weighted by Gasteiger charge is 2.15. The molecule has 0 radical (unpaired) electrons. The SMILES string of the molecule is O=c1cc(OCc2ccc(F)cn2)ccn1-c1ccc2c(c1)nc1n2CCCC1. The zero-order valence-corrected chi connectivity index (χ0v) is 15.7. The van der Waals surface area contributed by atoms with Crippen LogP contribution in [0.5, 0.6) is 5.75 Å². The van der Waals surface area contributed by atoms with Gasteiger partial charge in [0, 0.05) is 25.2 Å². The number of hydrogen-bond donors (Lipinski definition) is 0. The number of imidazole rings is 1. The molecular formula is C22H19FN4O2. The van der Waals surface area contributed by atoms with Gasteiger partial charge >= 0.3 is 0 Å². The number of pyridine rings is 2. The van der Waals surface area contributed by atoms with Crippen molar-refractivity contribution in [1.29, 1.82) is 0 Å². The van der Waals surface area contributed by atoms with Gasteiger partial charge < -0.3 is 9.30 Å². The predicted octanol–water partition coefficient (Wildman–Crippen LogP) is 3.64. The van der Waals surface area contributed by atoms with Crippen LogP contribution in [0.2, 0.25) is 0 Å². The van der Waals surface area contributed by atoms with Crippen molar-refractivity contribution in [3.63, 3.8) is 0 Å². The van der Waals surface area contributed by atoms with Crippen LogP contribution in [0.15, 0.2) is 59.7 Å². The van der Waals surface area contributed by atoms with E-state index in [1.54, 1.807) is 22.9 Å². The summed E-state index contributed by atoms with van der Waals surface area (Å²) in [4.78, 5) is 21.3. The minimum atomic E-state index is -0.396. The molecule has 4 aromatic rings. The normalized spacial score (nSPS) is 13.4. The summed E-state index contributed by atoms with van der Waals surface area (Å²) in [5.74, 6) is 1.16. The molecule has 1 aliphatic rings. The van der Waals surface area contributed by atoms with Gasteiger partial charge in [-0.3, -0.25) is 14.3 Å². The van der Waals surface area contributed by atoms with Crippen molar-refractivity contribution in [2.45, 2.75) is 32.4 Å². The smallest absolute Gasteiger partial charge is 0.258 e. The van der Waals surface area contributed by atoms with Gasteiger partial charge in [0.2, 0.25) is 0 Å². The van der Waals surface area contributed by atoms with Crippen LogP contribution in [-0.4, -0.2) is 19.1 Å². The van der Waals surface area contributed by atoms with Crippen LogP contribution in [0.1, 0.15) is 24.4 Å². The summed E-state index contributed by atoms with van der Waals surface area (Å²) >= 11 is 0. The Morgan fingerprint density at radius 2 is 2.03 bits per heavy atom. The second kappa shape index (κ2) is 7.16. The first kappa shape index (κ1) is 17.6. The molecule has 0 bridgehead atoms. The Kier molecular flexibility index (Phi) is 4.35. The largest absolute Gasteiger partial charge is 0.487 e. The highest BCUT2D eigenvalue weighted by molar-refractivity contribution is 5.78. The fourth-order valence-electron chi connectivity index (χ4n) is 3.72. The summed E-state index contributed by atoms with van der Waals surface area (Å²) in [6.07, 6.45) is 6.17. The van der Waals surface area contributed by atoms with Crippen LogP contribution in [0, 0.1) is 5.82 Å². The van der Waals surface area contributed by atoms with Crippen molar-refractivity contribution in [3.8, 4) is 11.4 Å². The molecule has 1 aromatic carbocycles. The Labute approximate surface area is 166 Å². The van der Waals surface area contributed by atoms with E-state index in [0.717, 1.165) is 41.7 Å². The highest BCUT2D eigenvalue weighted by atomic mass is 19.1. The van der Waals surface area contributed by atoms with Crippen molar-refractivity contribution in [1.82, 2.24) is 19.1 Å². The molecule has 7 heteroatoms. The van der Waals surface area contributed by atoms with Crippen LogP contribution < -0.4 is 10.3 Å². The molecule has 0 fully saturated rings. The number of benzene rings is 1. The zero-order chi connectivity index (χ0) is 19.8. The second-order valence-corrected chi connectivity index (χ2v) is 7.14. The van der Waals surface area contributed by atoms with Crippen molar-refractivity contribution >= 4 is 11.0 Å². The maximum Gasteiger partial charge on any atom is 0.258 e. The van der Waals surface area contributed by atoms with Gasteiger partial charge in [-0.1, -0.05) is 0 Å². The topological polar surface area (TPSA) is 61.9 Å². The van der Waals surface area contributed by atoms with E-state index in [9.17, 15) is 9.18 Å². The Morgan fingerprint density at radius 3 is 2.86 bits per heavy atom. The molecule has 4 heterocycles. The van der Waals surface area contributed by atoms with E-state index in [2.05, 4.69) is 9.55 Å². The molecule has 0 amide bonds. The van der Waals surface area contributed by atoms with Crippen LogP contribution in [0.25, 0.3) is 16.7 Å². The third kappa shape index (κ3) is 3.40. The lowest BCUT2D eigenvalue weighted by Gasteiger charge is -2.14. The Balaban J connectivity index is 1.39. The maximum atomic E-state index is 12.9. The summed E-state index contributed by atoms with van der Waals surface area (Å²) in [7, 11) is 0. The average Bonchev–Trinajstić information content (AvgIpc) is 3.11. The van der Waals surface area contributed by atoms with E-state index in [0.29, 0.717) is 11.4 Å². The molecule has 0 saturated heterocycles. The molecule has 3 aromatic heterocycles. The molecule has 146 valence electrons. The van der Waals surface area contributed by atoms with Gasteiger partial charge in [-0.15, -0.1) is 0 Å². The van der Waals surface area contributed by atoms with Gasteiger partial charge in [-0.05, 0) is 49.2 Å². The second-order valence-electron chi connectivity index (χ2n) is 7.14. The number of halogens is 1. The van der Waals surface area contributed by atoms with Crippen LogP contribution in [0.3, 0.4) is 0 Å². The number of aromatic nitrogens is 4. The molecule has 0 atom stereocenters. The molecule has 6 nitrogen and oxygen atoms in total. The van der Waals surface area contributed by atoms with E-state index < -0.39 is 5.82 Å². The third-order valence-corrected chi connectivity index (χ3v) is 5.19. The zero-order valence-electron chi connectivity index (χ0n) is 15.7. The molecule has 0 saturated carbocycles. The summed E-state index contributed by atoms with van der Waals surface area (Å²) in [5.41, 5.74) is 3.18. The maximum absolute atomic E-state index is 12.9. The molecule has 0 N–H and O–H groups in total. The summed E-state index contributed by atoms with van der Waals surface area (Å²) in [5, 5.41) is 0. The average molecular weight is 390 g/mol. The number of rotatable bonds is 4. The molecular weight excluding hydrogens is 371 g/mol. The molecule has 1 aliphatic heterocycles. The predicted molar refractivity (Wildman–Crippen MR) is 107 cm³/mol. The highest BCUT2D eigenvalue weighted by Crippen LogP contribution is 2.24. The third-order valence-electron chi connectivity index (χ3n) is 5.19. The van der Waals surface area contributed by atoms with Gasteiger partial charge in [-0.2, -0.15) is 0 Å². The number of hydrogen-bond acceptors (Lipinski definition) is 4. The van der Waals surface area contributed by atoms with E-state index in [4.69, 9.17) is 9.72 Å². The first-order chi connectivity index (χ1) is 14.2. The summed E-state index contributed by atoms with van der Waals surface area (Å²) in [6, 6.07) is 12.0. The van der Waals surface area contributed by atoms with E-state index >= 15 is 0 Å². The van der Waals surface area contributed by atoms with Crippen LogP contribution >= 0.6 is 0 Å². The number of fused-ring (bicyclic) bond motifs is 3. The van der Waals surface area contributed by atoms with Gasteiger partial charge in [0.25, 0.3) is 5.56 Å². The molecule has 0 aliphatic carbocycles. The molecule has 29 heavy (non-hydrogen) atoms. The van der Waals surface area contributed by atoms with Crippen molar-refractivity contribution < 1.29 is 9.13 Å². The standard InChI is InChI=1S/C22H19FN4O2/c23-15-4-5-16(24-13-15)14-29-18-8-10-26(22(28)12-18)17-6-7-20-19(11-17)25-21-3-1-2-9-27(20)21/h4-8,10-13H,1-3,9,14H2. The van der Waals surface area contributed by atoms with Crippen LogP contribution in [-0.2, 0) is 19.6 Å². The minimum Gasteiger partial charge on any atom is -0.487 e. The van der Waals surface area contributed by atoms with Crippen molar-refractivity contribution in [3.05, 3.63) is 82.5 Å². The lowest BCUT2D eigenvalue weighted by molar-refractivity contribution is 0.300. The Bertz CT molecular complexity index is 1240. The van der Waals surface area contributed by atoms with Gasteiger partial charge in [0.15, 0.2) is 0 Å². The van der Waals surface area contributed by atoms with Gasteiger partial charge in [-0.25, -0.2) is 9.37 Å². The minimum absolute atomic E-state index is 0.163. The molecule has 0 spiro atoms. The molecule has 0 unspecified atom stereocenters.